The number of ether oxygens (including phenoxy) is 1. The van der Waals surface area contributed by atoms with E-state index in [1.54, 1.807) is 0 Å². The van der Waals surface area contributed by atoms with Crippen molar-refractivity contribution in [2.24, 2.45) is 0 Å². The first kappa shape index (κ1) is 14.0. The third-order valence-electron chi connectivity index (χ3n) is 2.73. The number of hydrogen-bond donors (Lipinski definition) is 1. The predicted molar refractivity (Wildman–Crippen MR) is 73.7 cm³/mol. The summed E-state index contributed by atoms with van der Waals surface area (Å²) in [6.07, 6.45) is 2.22. The monoisotopic (exact) mass is 235 g/mol. The largest absolute Gasteiger partial charge is 0.488 e. The van der Waals surface area contributed by atoms with E-state index >= 15 is 0 Å². The Morgan fingerprint density at radius 3 is 2.18 bits per heavy atom. The van der Waals surface area contributed by atoms with E-state index in [0.29, 0.717) is 6.04 Å². The number of likely N-dealkylation sites (N-methyl/N-ethyl adjacent to an activating group) is 1. The fourth-order valence-corrected chi connectivity index (χ4v) is 1.78. The molecule has 0 aliphatic heterocycles. The zero-order valence-corrected chi connectivity index (χ0v) is 11.7. The van der Waals surface area contributed by atoms with Gasteiger partial charge in [-0.25, -0.2) is 0 Å². The zero-order chi connectivity index (χ0) is 12.9. The van der Waals surface area contributed by atoms with E-state index in [1.165, 1.54) is 5.56 Å². The standard InChI is InChI=1S/C15H25NO/c1-6-13(16-5)11-12-7-9-14(10-8-12)17-15(2,3)4/h7-10,13,16H,6,11H2,1-5H3. The predicted octanol–water partition coefficient (Wildman–Crippen LogP) is 3.40. The van der Waals surface area contributed by atoms with E-state index in [0.717, 1.165) is 18.6 Å². The third-order valence-corrected chi connectivity index (χ3v) is 2.73. The Labute approximate surface area is 105 Å². The maximum atomic E-state index is 5.80. The first-order valence-electron chi connectivity index (χ1n) is 6.40. The minimum atomic E-state index is -0.127. The van der Waals surface area contributed by atoms with Gasteiger partial charge in [0.1, 0.15) is 11.4 Å². The van der Waals surface area contributed by atoms with E-state index in [-0.39, 0.29) is 5.60 Å². The number of hydrogen-bond acceptors (Lipinski definition) is 2. The van der Waals surface area contributed by atoms with Crippen LogP contribution in [0.3, 0.4) is 0 Å². The summed E-state index contributed by atoms with van der Waals surface area (Å²) < 4.78 is 5.80. The van der Waals surface area contributed by atoms with Gasteiger partial charge in [-0.05, 0) is 58.4 Å². The Kier molecular flexibility index (Phi) is 5.01. The highest BCUT2D eigenvalue weighted by atomic mass is 16.5. The summed E-state index contributed by atoms with van der Waals surface area (Å²) in [7, 11) is 2.02. The van der Waals surface area contributed by atoms with E-state index < -0.39 is 0 Å². The highest BCUT2D eigenvalue weighted by molar-refractivity contribution is 5.28. The first-order valence-corrected chi connectivity index (χ1v) is 6.40. The molecule has 0 bridgehead atoms. The minimum Gasteiger partial charge on any atom is -0.488 e. The molecule has 0 aliphatic carbocycles. The van der Waals surface area contributed by atoms with Gasteiger partial charge < -0.3 is 10.1 Å². The normalized spacial score (nSPS) is 13.5. The highest BCUT2D eigenvalue weighted by Crippen LogP contribution is 2.19. The molecule has 1 atom stereocenters. The Hall–Kier alpha value is -1.02. The van der Waals surface area contributed by atoms with Crippen molar-refractivity contribution in [1.82, 2.24) is 5.32 Å². The van der Waals surface area contributed by atoms with Crippen LogP contribution in [0.4, 0.5) is 0 Å². The van der Waals surface area contributed by atoms with Crippen molar-refractivity contribution in [3.63, 3.8) is 0 Å². The molecule has 0 saturated heterocycles. The molecule has 0 spiro atoms. The molecule has 2 nitrogen and oxygen atoms in total. The van der Waals surface area contributed by atoms with E-state index in [1.807, 2.05) is 7.05 Å². The summed E-state index contributed by atoms with van der Waals surface area (Å²) in [5.41, 5.74) is 1.23. The smallest absolute Gasteiger partial charge is 0.120 e. The van der Waals surface area contributed by atoms with Gasteiger partial charge in [0.25, 0.3) is 0 Å². The average Bonchev–Trinajstić information content (AvgIpc) is 2.26. The molecule has 0 aromatic heterocycles. The van der Waals surface area contributed by atoms with Crippen LogP contribution in [0.2, 0.25) is 0 Å². The van der Waals surface area contributed by atoms with Crippen LogP contribution in [0.1, 0.15) is 39.7 Å². The molecular weight excluding hydrogens is 210 g/mol. The van der Waals surface area contributed by atoms with E-state index in [4.69, 9.17) is 4.74 Å². The molecule has 0 amide bonds. The highest BCUT2D eigenvalue weighted by Gasteiger charge is 2.11. The number of rotatable bonds is 5. The first-order chi connectivity index (χ1) is 7.94. The van der Waals surface area contributed by atoms with Crippen molar-refractivity contribution in [3.8, 4) is 5.75 Å². The topological polar surface area (TPSA) is 21.3 Å². The lowest BCUT2D eigenvalue weighted by molar-refractivity contribution is 0.131. The van der Waals surface area contributed by atoms with Crippen molar-refractivity contribution < 1.29 is 4.74 Å². The second-order valence-electron chi connectivity index (χ2n) is 5.46. The molecule has 1 rings (SSSR count). The summed E-state index contributed by atoms with van der Waals surface area (Å²) in [5, 5.41) is 3.32. The lowest BCUT2D eigenvalue weighted by Crippen LogP contribution is -2.26. The van der Waals surface area contributed by atoms with Crippen molar-refractivity contribution in [1.29, 1.82) is 0 Å². The molecule has 2 heteroatoms. The van der Waals surface area contributed by atoms with Gasteiger partial charge in [-0.2, -0.15) is 0 Å². The van der Waals surface area contributed by atoms with Gasteiger partial charge in [0.2, 0.25) is 0 Å². The number of nitrogens with one attached hydrogen (secondary N) is 1. The summed E-state index contributed by atoms with van der Waals surface area (Å²) in [6.45, 7) is 8.40. The maximum Gasteiger partial charge on any atom is 0.120 e. The molecule has 17 heavy (non-hydrogen) atoms. The summed E-state index contributed by atoms with van der Waals surface area (Å²) in [4.78, 5) is 0. The second-order valence-corrected chi connectivity index (χ2v) is 5.46. The number of benzene rings is 1. The molecule has 1 aromatic rings. The fourth-order valence-electron chi connectivity index (χ4n) is 1.78. The summed E-state index contributed by atoms with van der Waals surface area (Å²) in [5.74, 6) is 0.943. The minimum absolute atomic E-state index is 0.127. The molecule has 0 radical (unpaired) electrons. The SMILES string of the molecule is CCC(Cc1ccc(OC(C)(C)C)cc1)NC. The molecule has 1 unspecified atom stereocenters. The van der Waals surface area contributed by atoms with Crippen LogP contribution in [0, 0.1) is 0 Å². The lowest BCUT2D eigenvalue weighted by Gasteiger charge is -2.21. The molecule has 0 aliphatic rings. The molecule has 1 N–H and O–H groups in total. The quantitative estimate of drug-likeness (QED) is 0.844. The van der Waals surface area contributed by atoms with Crippen LogP contribution in [-0.2, 0) is 6.42 Å². The van der Waals surface area contributed by atoms with Crippen LogP contribution >= 0.6 is 0 Å². The molecule has 0 heterocycles. The summed E-state index contributed by atoms with van der Waals surface area (Å²) >= 11 is 0. The van der Waals surface area contributed by atoms with Gasteiger partial charge in [-0.15, -0.1) is 0 Å². The van der Waals surface area contributed by atoms with Crippen molar-refractivity contribution in [2.45, 2.75) is 52.2 Å². The van der Waals surface area contributed by atoms with Gasteiger partial charge in [-0.3, -0.25) is 0 Å². The Morgan fingerprint density at radius 2 is 1.76 bits per heavy atom. The summed E-state index contributed by atoms with van der Waals surface area (Å²) in [6, 6.07) is 8.98. The Balaban J connectivity index is 2.62. The van der Waals surface area contributed by atoms with Gasteiger partial charge in [-0.1, -0.05) is 19.1 Å². The third kappa shape index (κ3) is 5.22. The molecule has 96 valence electrons. The van der Waals surface area contributed by atoms with Gasteiger partial charge >= 0.3 is 0 Å². The van der Waals surface area contributed by atoms with Crippen LogP contribution in [-0.4, -0.2) is 18.7 Å². The maximum absolute atomic E-state index is 5.80. The zero-order valence-electron chi connectivity index (χ0n) is 11.7. The fraction of sp³-hybridized carbons (Fsp3) is 0.600. The van der Waals surface area contributed by atoms with E-state index in [2.05, 4.69) is 57.3 Å². The van der Waals surface area contributed by atoms with E-state index in [9.17, 15) is 0 Å². The van der Waals surface area contributed by atoms with Gasteiger partial charge in [0, 0.05) is 6.04 Å². The Morgan fingerprint density at radius 1 is 1.18 bits per heavy atom. The van der Waals surface area contributed by atoms with Gasteiger partial charge in [0.05, 0.1) is 0 Å². The molecule has 1 aromatic carbocycles. The molecule has 0 fully saturated rings. The van der Waals surface area contributed by atoms with Crippen molar-refractivity contribution in [2.75, 3.05) is 7.05 Å². The molecular formula is C15H25NO. The van der Waals surface area contributed by atoms with Crippen LogP contribution in [0.5, 0.6) is 5.75 Å². The second kappa shape index (κ2) is 6.06. The van der Waals surface area contributed by atoms with Crippen molar-refractivity contribution in [3.05, 3.63) is 29.8 Å². The average molecular weight is 235 g/mol. The Bertz CT molecular complexity index is 320. The van der Waals surface area contributed by atoms with Crippen molar-refractivity contribution >= 4 is 0 Å². The van der Waals surface area contributed by atoms with Crippen LogP contribution in [0.25, 0.3) is 0 Å². The van der Waals surface area contributed by atoms with Crippen LogP contribution in [0.15, 0.2) is 24.3 Å². The molecule has 0 saturated carbocycles. The lowest BCUT2D eigenvalue weighted by atomic mass is 10.0. The van der Waals surface area contributed by atoms with Crippen LogP contribution < -0.4 is 10.1 Å². The van der Waals surface area contributed by atoms with Gasteiger partial charge in [0.15, 0.2) is 0 Å².